The Hall–Kier alpha value is -2.97. The molecular formula is C21H22N4O3S. The zero-order chi connectivity index (χ0) is 20.2. The molecule has 150 valence electrons. The van der Waals surface area contributed by atoms with Gasteiger partial charge in [0.2, 0.25) is 0 Å². The minimum absolute atomic E-state index is 0.239. The highest BCUT2D eigenvalue weighted by atomic mass is 32.1. The predicted octanol–water partition coefficient (Wildman–Crippen LogP) is 3.37. The summed E-state index contributed by atoms with van der Waals surface area (Å²) in [5, 5.41) is 3.49. The quantitative estimate of drug-likeness (QED) is 0.672. The number of anilines is 1. The summed E-state index contributed by atoms with van der Waals surface area (Å²) in [5.41, 5.74) is 2.58. The summed E-state index contributed by atoms with van der Waals surface area (Å²) in [7, 11) is 3.31. The van der Waals surface area contributed by atoms with Crippen LogP contribution in [0, 0.1) is 0 Å². The highest BCUT2D eigenvalue weighted by molar-refractivity contribution is 7.15. The van der Waals surface area contributed by atoms with Crippen LogP contribution in [0.5, 0.6) is 11.5 Å². The van der Waals surface area contributed by atoms with Crippen LogP contribution in [0.3, 0.4) is 0 Å². The van der Waals surface area contributed by atoms with Gasteiger partial charge in [0.25, 0.3) is 5.91 Å². The molecule has 1 aromatic carbocycles. The van der Waals surface area contributed by atoms with Crippen molar-refractivity contribution in [3.63, 3.8) is 0 Å². The second kappa shape index (κ2) is 8.59. The van der Waals surface area contributed by atoms with Gasteiger partial charge in [-0.15, -0.1) is 11.3 Å². The number of hydrogen-bond donors (Lipinski definition) is 1. The first-order valence-corrected chi connectivity index (χ1v) is 10.1. The number of nitrogens with one attached hydrogen (secondary N) is 1. The molecule has 3 heterocycles. The van der Waals surface area contributed by atoms with Gasteiger partial charge in [-0.1, -0.05) is 6.07 Å². The number of benzene rings is 1. The molecule has 29 heavy (non-hydrogen) atoms. The lowest BCUT2D eigenvalue weighted by atomic mass is 10.1. The fourth-order valence-electron chi connectivity index (χ4n) is 3.31. The summed E-state index contributed by atoms with van der Waals surface area (Å²) in [6.07, 6.45) is 2.46. The van der Waals surface area contributed by atoms with Gasteiger partial charge in [0.1, 0.15) is 17.2 Å². The van der Waals surface area contributed by atoms with Crippen molar-refractivity contribution in [3.05, 3.63) is 64.4 Å². The van der Waals surface area contributed by atoms with Gasteiger partial charge in [0.05, 0.1) is 19.9 Å². The summed E-state index contributed by atoms with van der Waals surface area (Å²) >= 11 is 1.53. The van der Waals surface area contributed by atoms with Crippen LogP contribution in [0.2, 0.25) is 0 Å². The van der Waals surface area contributed by atoms with Crippen LogP contribution < -0.4 is 14.8 Å². The molecule has 0 saturated carbocycles. The number of aromatic nitrogens is 2. The van der Waals surface area contributed by atoms with Crippen molar-refractivity contribution in [1.82, 2.24) is 14.9 Å². The second-order valence-corrected chi connectivity index (χ2v) is 7.82. The average Bonchev–Trinajstić information content (AvgIpc) is 3.15. The molecule has 0 atom stereocenters. The number of carbonyl (C=O) groups is 1. The van der Waals surface area contributed by atoms with E-state index >= 15 is 0 Å². The smallest absolute Gasteiger partial charge is 0.276 e. The molecule has 0 bridgehead atoms. The lowest BCUT2D eigenvalue weighted by molar-refractivity contribution is 0.102. The van der Waals surface area contributed by atoms with Gasteiger partial charge >= 0.3 is 0 Å². The van der Waals surface area contributed by atoms with E-state index in [0.29, 0.717) is 10.8 Å². The van der Waals surface area contributed by atoms with E-state index in [2.05, 4.69) is 20.2 Å². The van der Waals surface area contributed by atoms with Crippen molar-refractivity contribution in [1.29, 1.82) is 0 Å². The molecule has 1 N–H and O–H groups in total. The largest absolute Gasteiger partial charge is 0.497 e. The molecule has 0 unspecified atom stereocenters. The highest BCUT2D eigenvalue weighted by Gasteiger charge is 2.22. The predicted molar refractivity (Wildman–Crippen MR) is 112 cm³/mol. The maximum atomic E-state index is 12.3. The molecule has 1 aliphatic heterocycles. The third-order valence-electron chi connectivity index (χ3n) is 4.75. The van der Waals surface area contributed by atoms with Gasteiger partial charge in [0.15, 0.2) is 5.13 Å². The van der Waals surface area contributed by atoms with Crippen LogP contribution in [0.25, 0.3) is 0 Å². The molecular weight excluding hydrogens is 388 g/mol. The van der Waals surface area contributed by atoms with E-state index in [0.717, 1.165) is 48.8 Å². The number of ether oxygens (including phenoxy) is 2. The average molecular weight is 410 g/mol. The number of hydrogen-bond acceptors (Lipinski definition) is 7. The molecule has 2 aromatic heterocycles. The lowest BCUT2D eigenvalue weighted by Crippen LogP contribution is -2.29. The topological polar surface area (TPSA) is 76.6 Å². The third-order valence-corrected chi connectivity index (χ3v) is 5.74. The van der Waals surface area contributed by atoms with E-state index in [1.165, 1.54) is 16.2 Å². The number of methoxy groups -OCH3 is 2. The Kier molecular flexibility index (Phi) is 5.73. The van der Waals surface area contributed by atoms with Crippen molar-refractivity contribution in [3.8, 4) is 11.5 Å². The SMILES string of the molecule is COc1cc(CN2CCc3nc(NC(=O)c4ccccn4)sc3C2)cc(OC)c1. The molecule has 0 fully saturated rings. The van der Waals surface area contributed by atoms with Crippen molar-refractivity contribution < 1.29 is 14.3 Å². The van der Waals surface area contributed by atoms with Crippen LogP contribution in [-0.2, 0) is 19.5 Å². The Balaban J connectivity index is 1.43. The molecule has 0 saturated heterocycles. The molecule has 1 amide bonds. The highest BCUT2D eigenvalue weighted by Crippen LogP contribution is 2.30. The number of nitrogens with zero attached hydrogens (tertiary/aromatic N) is 3. The summed E-state index contributed by atoms with van der Waals surface area (Å²) in [4.78, 5) is 24.5. The Bertz CT molecular complexity index is 984. The van der Waals surface area contributed by atoms with Gasteiger partial charge < -0.3 is 9.47 Å². The van der Waals surface area contributed by atoms with E-state index in [4.69, 9.17) is 9.47 Å². The maximum Gasteiger partial charge on any atom is 0.276 e. The molecule has 0 radical (unpaired) electrons. The van der Waals surface area contributed by atoms with Crippen LogP contribution in [0.15, 0.2) is 42.6 Å². The lowest BCUT2D eigenvalue weighted by Gasteiger charge is -2.26. The van der Waals surface area contributed by atoms with Gasteiger partial charge in [0, 0.05) is 43.2 Å². The van der Waals surface area contributed by atoms with Crippen LogP contribution >= 0.6 is 11.3 Å². The Morgan fingerprint density at radius 3 is 2.69 bits per heavy atom. The van der Waals surface area contributed by atoms with Crippen molar-refractivity contribution in [2.75, 3.05) is 26.1 Å². The molecule has 4 rings (SSSR count). The van der Waals surface area contributed by atoms with E-state index in [1.807, 2.05) is 18.2 Å². The van der Waals surface area contributed by atoms with Crippen molar-refractivity contribution in [2.45, 2.75) is 19.5 Å². The van der Waals surface area contributed by atoms with Crippen molar-refractivity contribution in [2.24, 2.45) is 0 Å². The number of thiazole rings is 1. The minimum Gasteiger partial charge on any atom is -0.497 e. The Morgan fingerprint density at radius 2 is 2.00 bits per heavy atom. The molecule has 1 aliphatic rings. The second-order valence-electron chi connectivity index (χ2n) is 6.74. The van der Waals surface area contributed by atoms with Gasteiger partial charge in [-0.25, -0.2) is 4.98 Å². The zero-order valence-electron chi connectivity index (χ0n) is 16.3. The number of fused-ring (bicyclic) bond motifs is 1. The van der Waals surface area contributed by atoms with Gasteiger partial charge in [-0.2, -0.15) is 0 Å². The summed E-state index contributed by atoms with van der Waals surface area (Å²) in [6.45, 7) is 2.50. The number of amides is 1. The minimum atomic E-state index is -0.239. The molecule has 0 aliphatic carbocycles. The van der Waals surface area contributed by atoms with E-state index < -0.39 is 0 Å². The van der Waals surface area contributed by atoms with E-state index in [9.17, 15) is 4.79 Å². The summed E-state index contributed by atoms with van der Waals surface area (Å²) in [6, 6.07) is 11.2. The number of carbonyl (C=O) groups excluding carboxylic acids is 1. The van der Waals surface area contributed by atoms with Crippen molar-refractivity contribution >= 4 is 22.4 Å². The molecule has 3 aromatic rings. The number of pyridine rings is 1. The van der Waals surface area contributed by atoms with Crippen LogP contribution in [0.1, 0.15) is 26.6 Å². The zero-order valence-corrected chi connectivity index (χ0v) is 17.2. The van der Waals surface area contributed by atoms with Gasteiger partial charge in [-0.05, 0) is 29.8 Å². The monoisotopic (exact) mass is 410 g/mol. The normalized spacial score (nSPS) is 13.6. The fraction of sp³-hybridized carbons (Fsp3) is 0.286. The Morgan fingerprint density at radius 1 is 1.21 bits per heavy atom. The summed E-state index contributed by atoms with van der Waals surface area (Å²) in [5.74, 6) is 1.33. The third kappa shape index (κ3) is 4.55. The Labute approximate surface area is 173 Å². The standard InChI is InChI=1S/C21H22N4O3S/c1-27-15-9-14(10-16(11-15)28-2)12-25-8-6-17-19(13-25)29-21(23-17)24-20(26)18-5-3-4-7-22-18/h3-5,7,9-11H,6,8,12-13H2,1-2H3,(H,23,24,26). The summed E-state index contributed by atoms with van der Waals surface area (Å²) < 4.78 is 10.7. The molecule has 7 nitrogen and oxygen atoms in total. The van der Waals surface area contributed by atoms with Crippen LogP contribution in [0.4, 0.5) is 5.13 Å². The van der Waals surface area contributed by atoms with E-state index in [-0.39, 0.29) is 5.91 Å². The van der Waals surface area contributed by atoms with E-state index in [1.54, 1.807) is 38.6 Å². The first-order valence-electron chi connectivity index (χ1n) is 9.30. The maximum absolute atomic E-state index is 12.3. The molecule has 8 heteroatoms. The van der Waals surface area contributed by atoms with Gasteiger partial charge in [-0.3, -0.25) is 20.0 Å². The van der Waals surface area contributed by atoms with Crippen LogP contribution in [-0.4, -0.2) is 41.5 Å². The first kappa shape index (κ1) is 19.4. The number of rotatable bonds is 6. The first-order chi connectivity index (χ1) is 14.1. The molecule has 0 spiro atoms. The fourth-order valence-corrected chi connectivity index (χ4v) is 4.36.